The first kappa shape index (κ1) is 18.4. The first-order chi connectivity index (χ1) is 13.3. The highest BCUT2D eigenvalue weighted by molar-refractivity contribution is 5.79. The summed E-state index contributed by atoms with van der Waals surface area (Å²) in [6, 6.07) is 18.0. The minimum absolute atomic E-state index is 0.660. The van der Waals surface area contributed by atoms with Gasteiger partial charge in [0.05, 0.1) is 6.61 Å². The van der Waals surface area contributed by atoms with Crippen molar-refractivity contribution in [3.8, 4) is 17.1 Å². The smallest absolute Gasteiger partial charge is 0.191 e. The highest BCUT2D eigenvalue weighted by Gasteiger charge is 2.03. The van der Waals surface area contributed by atoms with E-state index in [9.17, 15) is 0 Å². The maximum absolute atomic E-state index is 5.69. The topological polar surface area (TPSA) is 87.2 Å². The Morgan fingerprint density at radius 3 is 2.78 bits per heavy atom. The van der Waals surface area contributed by atoms with E-state index >= 15 is 0 Å². The number of aromatic amines is 1. The SMILES string of the molecule is CN=C(NCCCOc1ccccc1)NCc1cccc(-c2ncn[nH]2)c1. The van der Waals surface area contributed by atoms with Crippen molar-refractivity contribution in [2.75, 3.05) is 20.2 Å². The van der Waals surface area contributed by atoms with Crippen molar-refractivity contribution in [2.45, 2.75) is 13.0 Å². The molecule has 7 nitrogen and oxygen atoms in total. The van der Waals surface area contributed by atoms with Crippen LogP contribution >= 0.6 is 0 Å². The van der Waals surface area contributed by atoms with Gasteiger partial charge in [0, 0.05) is 25.7 Å². The van der Waals surface area contributed by atoms with Crippen molar-refractivity contribution in [3.63, 3.8) is 0 Å². The fourth-order valence-electron chi connectivity index (χ4n) is 2.57. The Balaban J connectivity index is 1.40. The van der Waals surface area contributed by atoms with Crippen LogP contribution in [0, 0.1) is 0 Å². The van der Waals surface area contributed by atoms with Gasteiger partial charge in [0.2, 0.25) is 0 Å². The van der Waals surface area contributed by atoms with Crippen molar-refractivity contribution < 1.29 is 4.74 Å². The number of benzene rings is 2. The second kappa shape index (κ2) is 9.96. The largest absolute Gasteiger partial charge is 0.494 e. The maximum Gasteiger partial charge on any atom is 0.191 e. The van der Waals surface area contributed by atoms with E-state index in [1.807, 2.05) is 42.5 Å². The number of hydrogen-bond donors (Lipinski definition) is 3. The van der Waals surface area contributed by atoms with Crippen LogP contribution in [0.1, 0.15) is 12.0 Å². The molecule has 2 aromatic carbocycles. The van der Waals surface area contributed by atoms with E-state index in [4.69, 9.17) is 4.74 Å². The molecular weight excluding hydrogens is 340 g/mol. The Morgan fingerprint density at radius 2 is 2.00 bits per heavy atom. The number of rotatable bonds is 8. The number of aromatic nitrogens is 3. The van der Waals surface area contributed by atoms with Crippen LogP contribution in [0.2, 0.25) is 0 Å². The number of para-hydroxylation sites is 1. The Morgan fingerprint density at radius 1 is 1.11 bits per heavy atom. The van der Waals surface area contributed by atoms with Gasteiger partial charge in [-0.25, -0.2) is 4.98 Å². The van der Waals surface area contributed by atoms with Crippen molar-refractivity contribution in [1.82, 2.24) is 25.8 Å². The van der Waals surface area contributed by atoms with Gasteiger partial charge < -0.3 is 15.4 Å². The van der Waals surface area contributed by atoms with Gasteiger partial charge >= 0.3 is 0 Å². The van der Waals surface area contributed by atoms with E-state index in [2.05, 4.69) is 42.9 Å². The first-order valence-corrected chi connectivity index (χ1v) is 8.92. The zero-order chi connectivity index (χ0) is 18.7. The molecule has 0 fully saturated rings. The Kier molecular flexibility index (Phi) is 6.80. The lowest BCUT2D eigenvalue weighted by molar-refractivity contribution is 0.311. The average Bonchev–Trinajstić information content (AvgIpc) is 3.26. The van der Waals surface area contributed by atoms with Crippen LogP contribution in [0.5, 0.6) is 5.75 Å². The third kappa shape index (κ3) is 5.85. The molecule has 0 saturated heterocycles. The van der Waals surface area contributed by atoms with Gasteiger partial charge in [-0.2, -0.15) is 5.10 Å². The predicted molar refractivity (Wildman–Crippen MR) is 107 cm³/mol. The molecule has 3 aromatic rings. The number of ether oxygens (including phenoxy) is 1. The number of aliphatic imine (C=N–C) groups is 1. The standard InChI is InChI=1S/C20H24N6O/c1-21-20(22-11-6-12-27-18-9-3-2-4-10-18)23-14-16-7-5-8-17(13-16)19-24-15-25-26-19/h2-5,7-10,13,15H,6,11-12,14H2,1H3,(H2,21,22,23)(H,24,25,26). The van der Waals surface area contributed by atoms with E-state index in [1.54, 1.807) is 7.05 Å². The highest BCUT2D eigenvalue weighted by atomic mass is 16.5. The summed E-state index contributed by atoms with van der Waals surface area (Å²) < 4.78 is 5.69. The molecule has 0 bridgehead atoms. The second-order valence-electron chi connectivity index (χ2n) is 5.90. The quantitative estimate of drug-likeness (QED) is 0.325. The molecule has 27 heavy (non-hydrogen) atoms. The molecule has 0 unspecified atom stereocenters. The number of hydrogen-bond acceptors (Lipinski definition) is 4. The van der Waals surface area contributed by atoms with E-state index < -0.39 is 0 Å². The molecule has 7 heteroatoms. The maximum atomic E-state index is 5.69. The van der Waals surface area contributed by atoms with Crippen molar-refractivity contribution in [3.05, 3.63) is 66.5 Å². The van der Waals surface area contributed by atoms with Gasteiger partial charge in [-0.15, -0.1) is 0 Å². The van der Waals surface area contributed by atoms with Gasteiger partial charge in [0.1, 0.15) is 12.1 Å². The van der Waals surface area contributed by atoms with Crippen LogP contribution in [-0.4, -0.2) is 41.3 Å². The summed E-state index contributed by atoms with van der Waals surface area (Å²) in [5.74, 6) is 2.42. The second-order valence-corrected chi connectivity index (χ2v) is 5.90. The number of nitrogens with one attached hydrogen (secondary N) is 3. The lowest BCUT2D eigenvalue weighted by Gasteiger charge is -2.12. The minimum atomic E-state index is 0.660. The Bertz CT molecular complexity index is 833. The zero-order valence-electron chi connectivity index (χ0n) is 15.4. The molecule has 0 amide bonds. The molecule has 3 N–H and O–H groups in total. The first-order valence-electron chi connectivity index (χ1n) is 8.92. The van der Waals surface area contributed by atoms with Crippen molar-refractivity contribution in [2.24, 2.45) is 4.99 Å². The Labute approximate surface area is 158 Å². The molecular formula is C20H24N6O. The van der Waals surface area contributed by atoms with Crippen molar-refractivity contribution >= 4 is 5.96 Å². The van der Waals surface area contributed by atoms with Crippen LogP contribution in [0.3, 0.4) is 0 Å². The molecule has 1 aromatic heterocycles. The summed E-state index contributed by atoms with van der Waals surface area (Å²) in [4.78, 5) is 8.44. The molecule has 0 aliphatic heterocycles. The normalized spacial score (nSPS) is 11.2. The lowest BCUT2D eigenvalue weighted by atomic mass is 10.1. The van der Waals surface area contributed by atoms with Gasteiger partial charge in [-0.1, -0.05) is 36.4 Å². The zero-order valence-corrected chi connectivity index (χ0v) is 15.4. The van der Waals surface area contributed by atoms with E-state index in [-0.39, 0.29) is 0 Å². The van der Waals surface area contributed by atoms with Gasteiger partial charge in [0.15, 0.2) is 11.8 Å². The summed E-state index contributed by atoms with van der Waals surface area (Å²) >= 11 is 0. The van der Waals surface area contributed by atoms with Crippen LogP contribution in [0.25, 0.3) is 11.4 Å². The summed E-state index contributed by atoms with van der Waals surface area (Å²) in [7, 11) is 1.76. The minimum Gasteiger partial charge on any atom is -0.494 e. The highest BCUT2D eigenvalue weighted by Crippen LogP contribution is 2.15. The van der Waals surface area contributed by atoms with Crippen LogP contribution < -0.4 is 15.4 Å². The molecule has 0 spiro atoms. The molecule has 1 heterocycles. The number of H-pyrrole nitrogens is 1. The van der Waals surface area contributed by atoms with Gasteiger partial charge in [-0.3, -0.25) is 10.1 Å². The van der Waals surface area contributed by atoms with Crippen molar-refractivity contribution in [1.29, 1.82) is 0 Å². The van der Waals surface area contributed by atoms with Crippen LogP contribution in [0.15, 0.2) is 65.9 Å². The summed E-state index contributed by atoms with van der Waals surface area (Å²) in [6.45, 7) is 2.11. The Hall–Kier alpha value is -3.35. The fraction of sp³-hybridized carbons (Fsp3) is 0.250. The molecule has 0 saturated carbocycles. The summed E-state index contributed by atoms with van der Waals surface area (Å²) in [5, 5.41) is 13.4. The number of nitrogens with zero attached hydrogens (tertiary/aromatic N) is 3. The molecule has 0 aliphatic carbocycles. The molecule has 0 radical (unpaired) electrons. The van der Waals surface area contributed by atoms with E-state index in [1.165, 1.54) is 6.33 Å². The van der Waals surface area contributed by atoms with Gasteiger partial charge in [0.25, 0.3) is 0 Å². The van der Waals surface area contributed by atoms with Crippen LogP contribution in [-0.2, 0) is 6.54 Å². The van der Waals surface area contributed by atoms with E-state index in [0.717, 1.165) is 41.6 Å². The van der Waals surface area contributed by atoms with Crippen LogP contribution in [0.4, 0.5) is 0 Å². The third-order valence-electron chi connectivity index (χ3n) is 3.92. The average molecular weight is 364 g/mol. The summed E-state index contributed by atoms with van der Waals surface area (Å²) in [5.41, 5.74) is 2.15. The molecule has 140 valence electrons. The predicted octanol–water partition coefficient (Wildman–Crippen LogP) is 2.61. The van der Waals surface area contributed by atoms with Gasteiger partial charge in [-0.05, 0) is 30.2 Å². The molecule has 3 rings (SSSR count). The lowest BCUT2D eigenvalue weighted by Crippen LogP contribution is -2.37. The summed E-state index contributed by atoms with van der Waals surface area (Å²) in [6.07, 6.45) is 2.39. The fourth-order valence-corrected chi connectivity index (χ4v) is 2.57. The molecule has 0 aliphatic rings. The molecule has 0 atom stereocenters. The number of guanidine groups is 1. The monoisotopic (exact) mass is 364 g/mol. The van der Waals surface area contributed by atoms with E-state index in [0.29, 0.717) is 13.2 Å². The third-order valence-corrected chi connectivity index (χ3v) is 3.92.